The zero-order valence-electron chi connectivity index (χ0n) is 35.8. The van der Waals surface area contributed by atoms with Gasteiger partial charge in [-0.1, -0.05) is 105 Å². The first-order valence-electron chi connectivity index (χ1n) is 20.9. The Labute approximate surface area is 372 Å². The largest absolute Gasteiger partial charge is 0.695 e. The van der Waals surface area contributed by atoms with Gasteiger partial charge in [-0.25, -0.2) is 9.69 Å². The quantitative estimate of drug-likeness (QED) is 0.0660. The van der Waals surface area contributed by atoms with Crippen molar-refractivity contribution >= 4 is 42.6 Å². The van der Waals surface area contributed by atoms with Crippen molar-refractivity contribution in [2.75, 3.05) is 37.6 Å². The van der Waals surface area contributed by atoms with E-state index in [4.69, 9.17) is 33.2 Å². The van der Waals surface area contributed by atoms with E-state index in [1.165, 1.54) is 4.90 Å². The molecule has 1 amide bonds. The minimum absolute atomic E-state index is 0.0651. The van der Waals surface area contributed by atoms with Crippen molar-refractivity contribution in [1.29, 1.82) is 0 Å². The van der Waals surface area contributed by atoms with E-state index in [9.17, 15) is 14.3 Å². The number of para-hydroxylation sites is 2. The molecule has 3 heterocycles. The molecular weight excluding hydrogens is 834 g/mol. The van der Waals surface area contributed by atoms with E-state index in [1.54, 1.807) is 25.0 Å². The van der Waals surface area contributed by atoms with Crippen molar-refractivity contribution in [1.82, 2.24) is 14.5 Å². The molecule has 4 atom stereocenters. The highest BCUT2D eigenvalue weighted by molar-refractivity contribution is 7.32. The van der Waals surface area contributed by atoms with Crippen LogP contribution >= 0.6 is 8.25 Å². The summed E-state index contributed by atoms with van der Waals surface area (Å²) in [5, 5.41) is 4.05. The van der Waals surface area contributed by atoms with Gasteiger partial charge in [-0.15, -0.1) is 9.42 Å². The molecule has 1 aliphatic rings. The third-order valence-electron chi connectivity index (χ3n) is 11.0. The molecule has 328 valence electrons. The third-order valence-corrected chi connectivity index (χ3v) is 11.4. The number of fused-ring (bicyclic) bond motifs is 1. The number of carbonyl (C=O) groups excluding carboxylic acids is 1. The topological polar surface area (TPSA) is 156 Å². The summed E-state index contributed by atoms with van der Waals surface area (Å²) in [6.07, 6.45) is -1.21. The standard InChI is InChI=1S/C49H48N5O9P/c1-33(2)31-50-45-41-28-29-53(46(41)52-47(51-45)62-48(55)54(37-16-10-6-11-17-37)38-18-12-7-13-19-38)44-30-42(63-64(56)57)43(61-44)32-60-49(34-14-8-5-9-15-34,35-20-24-39(58-3)25-21-35)36-22-26-40(59-4)27-23-36/h5-29,33,42-44H,30-32H2,1-4H3,(H-,50,51,52,56,57)/p+1/t42-,43+,44+/m0/s1. The lowest BCUT2D eigenvalue weighted by atomic mass is 9.80. The molecule has 14 nitrogen and oxygen atoms in total. The molecule has 5 aromatic carbocycles. The van der Waals surface area contributed by atoms with Crippen molar-refractivity contribution in [3.05, 3.63) is 168 Å². The van der Waals surface area contributed by atoms with Crippen molar-refractivity contribution in [2.24, 2.45) is 5.92 Å². The summed E-state index contributed by atoms with van der Waals surface area (Å²) in [5.41, 5.74) is 2.85. The number of anilines is 3. The number of methoxy groups -OCH3 is 2. The fraction of sp³-hybridized carbons (Fsp3) is 0.245. The van der Waals surface area contributed by atoms with Crippen LogP contribution in [0.5, 0.6) is 17.5 Å². The number of carbonyl (C=O) groups is 1. The predicted octanol–water partition coefficient (Wildman–Crippen LogP) is 10.2. The second-order valence-electron chi connectivity index (χ2n) is 15.5. The van der Waals surface area contributed by atoms with Gasteiger partial charge in [0.2, 0.25) is 0 Å². The molecular formula is C49H49N5O9P+. The van der Waals surface area contributed by atoms with Crippen LogP contribution < -0.4 is 24.4 Å². The van der Waals surface area contributed by atoms with Gasteiger partial charge in [-0.05, 0) is 77.2 Å². The molecule has 8 rings (SSSR count). The van der Waals surface area contributed by atoms with Crippen molar-refractivity contribution in [3.8, 4) is 17.5 Å². The van der Waals surface area contributed by atoms with Gasteiger partial charge in [-0.3, -0.25) is 0 Å². The first-order valence-corrected chi connectivity index (χ1v) is 22.0. The van der Waals surface area contributed by atoms with Crippen LogP contribution in [0.3, 0.4) is 0 Å². The minimum Gasteiger partial charge on any atom is -0.497 e. The number of benzene rings is 5. The number of aromatic nitrogens is 3. The molecule has 15 heteroatoms. The molecule has 0 radical (unpaired) electrons. The Morgan fingerprint density at radius 3 is 1.89 bits per heavy atom. The number of amides is 1. The average Bonchev–Trinajstić information content (AvgIpc) is 3.93. The monoisotopic (exact) mass is 882 g/mol. The predicted molar refractivity (Wildman–Crippen MR) is 243 cm³/mol. The lowest BCUT2D eigenvalue weighted by Gasteiger charge is -2.37. The van der Waals surface area contributed by atoms with E-state index in [2.05, 4.69) is 24.1 Å². The second kappa shape index (κ2) is 19.8. The van der Waals surface area contributed by atoms with Gasteiger partial charge >= 0.3 is 20.4 Å². The van der Waals surface area contributed by atoms with Crippen LogP contribution in [0.1, 0.15) is 43.2 Å². The lowest BCUT2D eigenvalue weighted by Crippen LogP contribution is -2.38. The highest BCUT2D eigenvalue weighted by Gasteiger charge is 2.46. The zero-order valence-corrected chi connectivity index (χ0v) is 36.7. The number of nitrogens with one attached hydrogen (secondary N) is 1. The van der Waals surface area contributed by atoms with E-state index < -0.39 is 38.4 Å². The van der Waals surface area contributed by atoms with Crippen molar-refractivity contribution in [3.63, 3.8) is 0 Å². The lowest BCUT2D eigenvalue weighted by molar-refractivity contribution is -0.0902. The van der Waals surface area contributed by atoms with Crippen LogP contribution in [0, 0.1) is 5.92 Å². The molecule has 7 aromatic rings. The Kier molecular flexibility index (Phi) is 13.6. The van der Waals surface area contributed by atoms with Gasteiger partial charge < -0.3 is 33.6 Å². The number of hydrogen-bond donors (Lipinski definition) is 2. The van der Waals surface area contributed by atoms with Crippen LogP contribution in [-0.2, 0) is 24.2 Å². The Bertz CT molecular complexity index is 2570. The van der Waals surface area contributed by atoms with Crippen LogP contribution in [0.2, 0.25) is 0 Å². The molecule has 2 aromatic heterocycles. The summed E-state index contributed by atoms with van der Waals surface area (Å²) in [6, 6.07) is 45.1. The fourth-order valence-electron chi connectivity index (χ4n) is 7.89. The van der Waals surface area contributed by atoms with Crippen molar-refractivity contribution in [2.45, 2.75) is 44.3 Å². The van der Waals surface area contributed by atoms with E-state index in [-0.39, 0.29) is 25.0 Å². The zero-order chi connectivity index (χ0) is 44.6. The van der Waals surface area contributed by atoms with E-state index >= 15 is 0 Å². The molecule has 0 aliphatic carbocycles. The van der Waals surface area contributed by atoms with Crippen LogP contribution in [0.4, 0.5) is 22.0 Å². The maximum Gasteiger partial charge on any atom is 0.695 e. The van der Waals surface area contributed by atoms with Gasteiger partial charge in [0.25, 0.3) is 0 Å². The van der Waals surface area contributed by atoms with Gasteiger partial charge in [-0.2, -0.15) is 9.97 Å². The van der Waals surface area contributed by atoms with Gasteiger partial charge in [0, 0.05) is 23.7 Å². The van der Waals surface area contributed by atoms with Crippen LogP contribution in [-0.4, -0.2) is 65.1 Å². The number of rotatable bonds is 17. The highest BCUT2D eigenvalue weighted by atomic mass is 31.1. The summed E-state index contributed by atoms with van der Waals surface area (Å²) in [7, 11) is 0.197. The van der Waals surface area contributed by atoms with Gasteiger partial charge in [0.05, 0.1) is 37.6 Å². The maximum absolute atomic E-state index is 14.1. The van der Waals surface area contributed by atoms with E-state index in [1.807, 2.05) is 146 Å². The Balaban J connectivity index is 1.15. The summed E-state index contributed by atoms with van der Waals surface area (Å²) >= 11 is 0. The molecule has 1 aliphatic heterocycles. The molecule has 1 unspecified atom stereocenters. The molecule has 0 saturated carbocycles. The number of ether oxygens (including phenoxy) is 5. The second-order valence-corrected chi connectivity index (χ2v) is 16.2. The minimum atomic E-state index is -3.03. The highest BCUT2D eigenvalue weighted by Crippen LogP contribution is 2.44. The van der Waals surface area contributed by atoms with Crippen LogP contribution in [0.15, 0.2) is 152 Å². The molecule has 1 fully saturated rings. The SMILES string of the molecule is COc1ccc(C(OC[C@H]2O[C@@H](n3ccc4c(NCC(C)C)nc(OC(=O)N(c5ccccc5)c5ccccc5)nc43)C[C@@H]2O[P+](=O)O)(c2ccccc2)c2ccc(OC)cc2)cc1. The molecule has 1 saturated heterocycles. The smallest absolute Gasteiger partial charge is 0.497 e. The first-order chi connectivity index (χ1) is 31.2. The maximum atomic E-state index is 14.1. The summed E-state index contributed by atoms with van der Waals surface area (Å²) in [4.78, 5) is 35.1. The Hall–Kier alpha value is -6.67. The fourth-order valence-corrected chi connectivity index (χ4v) is 8.35. The van der Waals surface area contributed by atoms with Gasteiger partial charge in [0.1, 0.15) is 41.4 Å². The normalized spacial score (nSPS) is 16.4. The third kappa shape index (κ3) is 9.47. The van der Waals surface area contributed by atoms with Crippen molar-refractivity contribution < 1.29 is 42.5 Å². The average molecular weight is 883 g/mol. The Morgan fingerprint density at radius 1 is 0.812 bits per heavy atom. The Morgan fingerprint density at radius 2 is 1.36 bits per heavy atom. The first kappa shape index (κ1) is 44.0. The summed E-state index contributed by atoms with van der Waals surface area (Å²) in [5.74, 6) is 2.08. The molecule has 64 heavy (non-hydrogen) atoms. The van der Waals surface area contributed by atoms with Gasteiger partial charge in [0.15, 0.2) is 5.65 Å². The number of nitrogens with zero attached hydrogens (tertiary/aromatic N) is 4. The summed E-state index contributed by atoms with van der Waals surface area (Å²) in [6.45, 7) is 4.66. The number of hydrogen-bond acceptors (Lipinski definition) is 11. The molecule has 0 spiro atoms. The van der Waals surface area contributed by atoms with E-state index in [0.717, 1.165) is 16.7 Å². The molecule has 2 N–H and O–H groups in total. The molecule has 0 bridgehead atoms. The van der Waals surface area contributed by atoms with Crippen LogP contribution in [0.25, 0.3) is 11.0 Å². The van der Waals surface area contributed by atoms with E-state index in [0.29, 0.717) is 46.3 Å². The summed E-state index contributed by atoms with van der Waals surface area (Å²) < 4.78 is 50.8.